The molecule has 0 saturated carbocycles. The summed E-state index contributed by atoms with van der Waals surface area (Å²) in [6.07, 6.45) is 2.54. The van der Waals surface area contributed by atoms with Crippen LogP contribution in [0.4, 0.5) is 4.39 Å². The fourth-order valence-electron chi connectivity index (χ4n) is 1.95. The Kier molecular flexibility index (Phi) is 4.14. The second-order valence-corrected chi connectivity index (χ2v) is 4.79. The number of fused-ring (bicyclic) bond motifs is 1. The predicted molar refractivity (Wildman–Crippen MR) is 81.8 cm³/mol. The van der Waals surface area contributed by atoms with Crippen LogP contribution in [0.25, 0.3) is 11.0 Å². The highest BCUT2D eigenvalue weighted by molar-refractivity contribution is 5.74. The van der Waals surface area contributed by atoms with Gasteiger partial charge in [0.1, 0.15) is 17.3 Å². The van der Waals surface area contributed by atoms with Crippen LogP contribution in [0, 0.1) is 5.82 Å². The molecule has 0 aliphatic rings. The highest BCUT2D eigenvalue weighted by Crippen LogP contribution is 2.24. The summed E-state index contributed by atoms with van der Waals surface area (Å²) >= 11 is 0. The lowest BCUT2D eigenvalue weighted by atomic mass is 10.3. The molecular weight excluding hydrogens is 299 g/mol. The standard InChI is InChI=1S/C17H12FN2O3/c1-11(10-21)22-13-3-5-14(6-4-13)23-17-9-19-16-8-12(18)2-7-15(16)20-17/h2-9,11H,1H3. The third-order valence-corrected chi connectivity index (χ3v) is 3.01. The van der Waals surface area contributed by atoms with E-state index >= 15 is 0 Å². The first-order valence-corrected chi connectivity index (χ1v) is 6.88. The van der Waals surface area contributed by atoms with Crippen LogP contribution in [0.15, 0.2) is 48.7 Å². The van der Waals surface area contributed by atoms with Crippen molar-refractivity contribution in [2.45, 2.75) is 13.0 Å². The summed E-state index contributed by atoms with van der Waals surface area (Å²) in [7, 11) is 0. The van der Waals surface area contributed by atoms with E-state index in [0.717, 1.165) is 0 Å². The maximum Gasteiger partial charge on any atom is 0.242 e. The summed E-state index contributed by atoms with van der Waals surface area (Å²) in [5.74, 6) is 1.01. The SMILES string of the molecule is CC([C]=O)Oc1ccc(Oc2cnc3cc(F)ccc3n2)cc1. The normalized spacial score (nSPS) is 11.9. The molecule has 0 aliphatic carbocycles. The first-order valence-electron chi connectivity index (χ1n) is 6.88. The molecule has 0 fully saturated rings. The highest BCUT2D eigenvalue weighted by atomic mass is 19.1. The average Bonchev–Trinajstić information content (AvgIpc) is 2.56. The molecule has 115 valence electrons. The van der Waals surface area contributed by atoms with Crippen LogP contribution in [-0.4, -0.2) is 22.4 Å². The van der Waals surface area contributed by atoms with Crippen molar-refractivity contribution in [3.8, 4) is 17.4 Å². The maximum absolute atomic E-state index is 13.1. The number of nitrogens with zero attached hydrogens (tertiary/aromatic N) is 2. The summed E-state index contributed by atoms with van der Waals surface area (Å²) in [6, 6.07) is 10.9. The minimum Gasteiger partial charge on any atom is -0.482 e. The number of hydrogen-bond donors (Lipinski definition) is 0. The molecule has 6 heteroatoms. The van der Waals surface area contributed by atoms with Crippen molar-refractivity contribution < 1.29 is 18.7 Å². The minimum absolute atomic E-state index is 0.298. The summed E-state index contributed by atoms with van der Waals surface area (Å²) in [5, 5.41) is 0. The minimum atomic E-state index is -0.631. The van der Waals surface area contributed by atoms with Crippen LogP contribution < -0.4 is 9.47 Å². The van der Waals surface area contributed by atoms with Crippen molar-refractivity contribution in [2.24, 2.45) is 0 Å². The quantitative estimate of drug-likeness (QED) is 0.722. The van der Waals surface area contributed by atoms with Crippen LogP contribution in [0.2, 0.25) is 0 Å². The number of hydrogen-bond acceptors (Lipinski definition) is 5. The molecule has 0 spiro atoms. The van der Waals surface area contributed by atoms with Gasteiger partial charge in [0.2, 0.25) is 12.2 Å². The van der Waals surface area contributed by atoms with Crippen molar-refractivity contribution in [3.63, 3.8) is 0 Å². The van der Waals surface area contributed by atoms with Gasteiger partial charge in [0.25, 0.3) is 0 Å². The van der Waals surface area contributed by atoms with E-state index in [1.54, 1.807) is 43.5 Å². The number of carbonyl (C=O) groups excluding carboxylic acids is 1. The zero-order valence-corrected chi connectivity index (χ0v) is 12.2. The molecule has 0 bridgehead atoms. The number of aromatic nitrogens is 2. The molecule has 23 heavy (non-hydrogen) atoms. The van der Waals surface area contributed by atoms with Crippen LogP contribution in [0.3, 0.4) is 0 Å². The first kappa shape index (κ1) is 14.9. The summed E-state index contributed by atoms with van der Waals surface area (Å²) in [4.78, 5) is 18.8. The van der Waals surface area contributed by atoms with Crippen LogP contribution in [0.5, 0.6) is 17.4 Å². The molecule has 2 aromatic carbocycles. The fraction of sp³-hybridized carbons (Fsp3) is 0.118. The summed E-state index contributed by atoms with van der Waals surface area (Å²) in [6.45, 7) is 1.60. The Hall–Kier alpha value is -3.02. The maximum atomic E-state index is 13.1. The van der Waals surface area contributed by atoms with Gasteiger partial charge in [0.15, 0.2) is 6.10 Å². The lowest BCUT2D eigenvalue weighted by molar-refractivity contribution is 0.278. The number of ether oxygens (including phenoxy) is 2. The zero-order valence-electron chi connectivity index (χ0n) is 12.2. The average molecular weight is 311 g/mol. The molecule has 1 heterocycles. The highest BCUT2D eigenvalue weighted by Gasteiger charge is 2.06. The number of benzene rings is 2. The van der Waals surface area contributed by atoms with Gasteiger partial charge in [0.05, 0.1) is 17.2 Å². The molecule has 0 amide bonds. The molecule has 3 aromatic rings. The molecular formula is C17H12FN2O3. The molecule has 0 saturated heterocycles. The third-order valence-electron chi connectivity index (χ3n) is 3.01. The van der Waals surface area contributed by atoms with Crippen molar-refractivity contribution in [3.05, 3.63) is 54.5 Å². The second kappa shape index (κ2) is 6.39. The van der Waals surface area contributed by atoms with E-state index in [9.17, 15) is 9.18 Å². The predicted octanol–water partition coefficient (Wildman–Crippen LogP) is 3.44. The van der Waals surface area contributed by atoms with Gasteiger partial charge < -0.3 is 9.47 Å². The molecule has 1 unspecified atom stereocenters. The Labute approximate surface area is 131 Å². The van der Waals surface area contributed by atoms with E-state index in [1.165, 1.54) is 18.3 Å². The van der Waals surface area contributed by atoms with Gasteiger partial charge in [0, 0.05) is 6.07 Å². The Morgan fingerprint density at radius 3 is 2.57 bits per heavy atom. The Bertz CT molecular complexity index is 837. The molecule has 3 rings (SSSR count). The second-order valence-electron chi connectivity index (χ2n) is 4.79. The van der Waals surface area contributed by atoms with E-state index in [4.69, 9.17) is 9.47 Å². The van der Waals surface area contributed by atoms with Gasteiger partial charge in [-0.2, -0.15) is 0 Å². The lowest BCUT2D eigenvalue weighted by Gasteiger charge is -2.09. The van der Waals surface area contributed by atoms with Crippen LogP contribution in [0.1, 0.15) is 6.92 Å². The molecule has 1 atom stereocenters. The van der Waals surface area contributed by atoms with Gasteiger partial charge in [-0.15, -0.1) is 0 Å². The van der Waals surface area contributed by atoms with Gasteiger partial charge in [-0.05, 0) is 43.3 Å². The molecule has 5 nitrogen and oxygen atoms in total. The largest absolute Gasteiger partial charge is 0.482 e. The van der Waals surface area contributed by atoms with Crippen LogP contribution in [-0.2, 0) is 4.79 Å². The van der Waals surface area contributed by atoms with Crippen molar-refractivity contribution in [1.82, 2.24) is 9.97 Å². The Morgan fingerprint density at radius 2 is 1.83 bits per heavy atom. The number of rotatable bonds is 5. The van der Waals surface area contributed by atoms with E-state index < -0.39 is 6.10 Å². The fourth-order valence-corrected chi connectivity index (χ4v) is 1.95. The summed E-state index contributed by atoms with van der Waals surface area (Å²) in [5.41, 5.74) is 0.999. The topological polar surface area (TPSA) is 61.3 Å². The van der Waals surface area contributed by atoms with E-state index in [2.05, 4.69) is 9.97 Å². The third kappa shape index (κ3) is 3.60. The van der Waals surface area contributed by atoms with Crippen LogP contribution >= 0.6 is 0 Å². The molecule has 0 N–H and O–H groups in total. The van der Waals surface area contributed by atoms with E-state index in [-0.39, 0.29) is 5.82 Å². The smallest absolute Gasteiger partial charge is 0.242 e. The van der Waals surface area contributed by atoms with Gasteiger partial charge in [-0.1, -0.05) is 0 Å². The molecule has 1 radical (unpaired) electrons. The van der Waals surface area contributed by atoms with Crippen molar-refractivity contribution in [1.29, 1.82) is 0 Å². The van der Waals surface area contributed by atoms with E-state index in [1.807, 2.05) is 0 Å². The monoisotopic (exact) mass is 311 g/mol. The van der Waals surface area contributed by atoms with Crippen molar-refractivity contribution >= 4 is 17.3 Å². The lowest BCUT2D eigenvalue weighted by Crippen LogP contribution is -2.12. The molecule has 0 aliphatic heterocycles. The number of halogens is 1. The van der Waals surface area contributed by atoms with Gasteiger partial charge in [-0.3, -0.25) is 4.79 Å². The Balaban J connectivity index is 1.76. The van der Waals surface area contributed by atoms with E-state index in [0.29, 0.717) is 28.4 Å². The molecule has 1 aromatic heterocycles. The summed E-state index contributed by atoms with van der Waals surface area (Å²) < 4.78 is 24.0. The van der Waals surface area contributed by atoms with Crippen molar-refractivity contribution in [2.75, 3.05) is 0 Å². The van der Waals surface area contributed by atoms with Gasteiger partial charge in [-0.25, -0.2) is 14.4 Å². The first-order chi connectivity index (χ1) is 11.1. The zero-order chi connectivity index (χ0) is 16.2. The van der Waals surface area contributed by atoms with Gasteiger partial charge >= 0.3 is 0 Å². The Morgan fingerprint density at radius 1 is 1.09 bits per heavy atom.